The number of amides is 3. The van der Waals surface area contributed by atoms with Gasteiger partial charge in [0.05, 0.1) is 29.8 Å². The fraction of sp³-hybridized carbons (Fsp3) is 0.303. The fourth-order valence-electron chi connectivity index (χ4n) is 5.91. The van der Waals surface area contributed by atoms with Crippen molar-refractivity contribution in [3.8, 4) is 0 Å². The largest absolute Gasteiger partial charge is 0.394 e. The van der Waals surface area contributed by atoms with Crippen molar-refractivity contribution in [1.82, 2.24) is 4.90 Å². The lowest BCUT2D eigenvalue weighted by Gasteiger charge is -2.28. The molecule has 0 aromatic heterocycles. The number of hydrogen-bond donors (Lipinski definition) is 3. The van der Waals surface area contributed by atoms with Crippen molar-refractivity contribution in [3.63, 3.8) is 0 Å². The molecular weight excluding hydrogens is 564 g/mol. The Morgan fingerprint density at radius 1 is 1.14 bits per heavy atom. The Balaban J connectivity index is 1.38. The van der Waals surface area contributed by atoms with Crippen molar-refractivity contribution in [1.29, 1.82) is 0 Å². The average Bonchev–Trinajstić information content (AvgIpc) is 3.59. The Bertz CT molecular complexity index is 1610. The van der Waals surface area contributed by atoms with Gasteiger partial charge in [-0.3, -0.25) is 24.5 Å². The molecule has 3 N–H and O–H groups in total. The lowest BCUT2D eigenvalue weighted by molar-refractivity contribution is -0.385. The number of benzene rings is 3. The van der Waals surface area contributed by atoms with Gasteiger partial charge < -0.3 is 25.3 Å². The fourth-order valence-corrected chi connectivity index (χ4v) is 5.91. The number of hydrogen-bond acceptors (Lipinski definition) is 7. The number of aliphatic hydroxyl groups excluding tert-OH is 1. The molecule has 2 aliphatic rings. The third-order valence-electron chi connectivity index (χ3n) is 8.31. The molecule has 1 fully saturated rings. The summed E-state index contributed by atoms with van der Waals surface area (Å²) < 4.78 is 0. The van der Waals surface area contributed by atoms with Crippen LogP contribution in [0.25, 0.3) is 0 Å². The van der Waals surface area contributed by atoms with Crippen molar-refractivity contribution in [2.24, 2.45) is 5.92 Å². The van der Waals surface area contributed by atoms with Gasteiger partial charge in [0.1, 0.15) is 0 Å². The third-order valence-corrected chi connectivity index (χ3v) is 8.31. The molecule has 3 amide bonds. The summed E-state index contributed by atoms with van der Waals surface area (Å²) >= 11 is 0. The van der Waals surface area contributed by atoms with Gasteiger partial charge in [0.15, 0.2) is 5.60 Å². The van der Waals surface area contributed by atoms with E-state index in [1.54, 1.807) is 72.5 Å². The topological polar surface area (TPSA) is 153 Å². The molecule has 0 spiro atoms. The number of anilines is 2. The highest BCUT2D eigenvalue weighted by Crippen LogP contribution is 2.47. The van der Waals surface area contributed by atoms with Crippen molar-refractivity contribution < 1.29 is 29.5 Å². The molecule has 3 atom stereocenters. The van der Waals surface area contributed by atoms with Gasteiger partial charge in [-0.25, -0.2) is 0 Å². The molecule has 0 saturated carbocycles. The highest BCUT2D eigenvalue weighted by molar-refractivity contribution is 6.07. The summed E-state index contributed by atoms with van der Waals surface area (Å²) in [5, 5.41) is 35.9. The van der Waals surface area contributed by atoms with Crippen LogP contribution in [-0.2, 0) is 21.7 Å². The molecule has 5 rings (SSSR count). The van der Waals surface area contributed by atoms with Gasteiger partial charge in [-0.15, -0.1) is 0 Å². The highest BCUT2D eigenvalue weighted by atomic mass is 16.6. The third kappa shape index (κ3) is 5.97. The second-order valence-electron chi connectivity index (χ2n) is 11.1. The summed E-state index contributed by atoms with van der Waals surface area (Å²) in [6.45, 7) is 2.12. The molecule has 0 bridgehead atoms. The molecule has 2 heterocycles. The number of non-ortho nitro benzene ring substituents is 1. The van der Waals surface area contributed by atoms with Gasteiger partial charge in [0.25, 0.3) is 17.5 Å². The molecule has 0 unspecified atom stereocenters. The lowest BCUT2D eigenvalue weighted by atomic mass is 9.82. The number of nitro benzene ring substituents is 1. The van der Waals surface area contributed by atoms with Crippen LogP contribution in [0.4, 0.5) is 17.1 Å². The van der Waals surface area contributed by atoms with E-state index in [2.05, 4.69) is 5.32 Å². The number of carbonyl (C=O) groups excluding carboxylic acids is 3. The number of nitrogens with one attached hydrogen (secondary N) is 1. The van der Waals surface area contributed by atoms with Crippen molar-refractivity contribution in [2.75, 3.05) is 23.4 Å². The molecule has 0 aliphatic carbocycles. The monoisotopic (exact) mass is 598 g/mol. The Labute approximate surface area is 254 Å². The first-order valence-electron chi connectivity index (χ1n) is 14.5. The number of likely N-dealkylation sites (tertiary alicyclic amines) is 1. The maximum Gasteiger partial charge on any atom is 0.269 e. The van der Waals surface area contributed by atoms with Crippen LogP contribution >= 0.6 is 0 Å². The molecule has 228 valence electrons. The van der Waals surface area contributed by atoms with Gasteiger partial charge in [0, 0.05) is 47.8 Å². The van der Waals surface area contributed by atoms with Crippen LogP contribution in [0.3, 0.4) is 0 Å². The molecule has 3 aromatic rings. The predicted octanol–water partition coefficient (Wildman–Crippen LogP) is 4.15. The minimum atomic E-state index is -2.12. The molecule has 0 radical (unpaired) electrons. The number of carbonyl (C=O) groups is 3. The van der Waals surface area contributed by atoms with Gasteiger partial charge in [-0.2, -0.15) is 0 Å². The maximum atomic E-state index is 13.9. The van der Waals surface area contributed by atoms with Crippen LogP contribution in [0.15, 0.2) is 84.9 Å². The summed E-state index contributed by atoms with van der Waals surface area (Å²) in [5.74, 6) is -1.94. The first-order chi connectivity index (χ1) is 21.1. The number of fused-ring (bicyclic) bond motifs is 1. The van der Waals surface area contributed by atoms with Crippen LogP contribution in [-0.4, -0.2) is 57.0 Å². The lowest BCUT2D eigenvalue weighted by Crippen LogP contribution is -2.44. The smallest absolute Gasteiger partial charge is 0.269 e. The molecule has 2 aliphatic heterocycles. The van der Waals surface area contributed by atoms with Crippen molar-refractivity contribution >= 4 is 34.8 Å². The highest BCUT2D eigenvalue weighted by Gasteiger charge is 2.53. The number of nitrogens with zero attached hydrogens (tertiary/aromatic N) is 3. The average molecular weight is 599 g/mol. The van der Waals surface area contributed by atoms with E-state index in [0.717, 1.165) is 12.8 Å². The summed E-state index contributed by atoms with van der Waals surface area (Å²) in [4.78, 5) is 53.4. The second kappa shape index (κ2) is 12.8. The normalized spacial score (nSPS) is 20.2. The van der Waals surface area contributed by atoms with E-state index in [0.29, 0.717) is 29.0 Å². The van der Waals surface area contributed by atoms with Crippen LogP contribution in [0.1, 0.15) is 47.7 Å². The number of aliphatic hydroxyl groups is 2. The number of rotatable bonds is 10. The molecule has 3 aromatic carbocycles. The molecule has 11 nitrogen and oxygen atoms in total. The predicted molar refractivity (Wildman–Crippen MR) is 164 cm³/mol. The van der Waals surface area contributed by atoms with Crippen LogP contribution < -0.4 is 10.2 Å². The summed E-state index contributed by atoms with van der Waals surface area (Å²) in [5.41, 5.74) is -0.278. The maximum absolute atomic E-state index is 13.9. The molecule has 11 heteroatoms. The van der Waals surface area contributed by atoms with E-state index in [-0.39, 0.29) is 48.7 Å². The zero-order valence-corrected chi connectivity index (χ0v) is 24.3. The first kappa shape index (κ1) is 30.6. The Kier molecular flexibility index (Phi) is 8.88. The standard InChI is InChI=1S/C33H34N4O7/c1-22(8-5-14-30(39)35-17-7-13-27(35)21-38)33(42)28-19-26(37(43)44)15-16-29(28)36(32(33)41)20-23-9-6-12-25(18-23)34-31(40)24-10-3-2-4-11-24/h2-6,8-12,15-16,18-19,22,27,38,42H,7,13-14,17,20-21H2,1H3,(H,34,40)/b8-5+/t22-,27+,33+/m1/s1. The molecular formula is C33H34N4O7. The zero-order chi connectivity index (χ0) is 31.4. The Morgan fingerprint density at radius 2 is 1.91 bits per heavy atom. The van der Waals surface area contributed by atoms with Gasteiger partial charge in [0.2, 0.25) is 5.91 Å². The van der Waals surface area contributed by atoms with Crippen LogP contribution in [0, 0.1) is 16.0 Å². The first-order valence-corrected chi connectivity index (χ1v) is 14.5. The van der Waals surface area contributed by atoms with Crippen molar-refractivity contribution in [3.05, 3.63) is 112 Å². The van der Waals surface area contributed by atoms with E-state index in [1.807, 2.05) is 6.07 Å². The Morgan fingerprint density at radius 3 is 2.64 bits per heavy atom. The van der Waals surface area contributed by atoms with E-state index < -0.39 is 22.3 Å². The van der Waals surface area contributed by atoms with Crippen LogP contribution in [0.5, 0.6) is 0 Å². The van der Waals surface area contributed by atoms with E-state index in [9.17, 15) is 34.7 Å². The molecule has 1 saturated heterocycles. The quantitative estimate of drug-likeness (QED) is 0.180. The molecule has 44 heavy (non-hydrogen) atoms. The number of nitro groups is 1. The van der Waals surface area contributed by atoms with Gasteiger partial charge in [-0.05, 0) is 48.7 Å². The van der Waals surface area contributed by atoms with E-state index in [4.69, 9.17) is 0 Å². The van der Waals surface area contributed by atoms with Gasteiger partial charge >= 0.3 is 0 Å². The van der Waals surface area contributed by atoms with E-state index in [1.165, 1.54) is 23.1 Å². The minimum Gasteiger partial charge on any atom is -0.394 e. The SMILES string of the molecule is C[C@H](/C=C/CC(=O)N1CCC[C@H]1CO)[C@@]1(O)C(=O)N(Cc2cccc(NC(=O)c3ccccc3)c2)c2ccc([N+](=O)[O-])cc21. The van der Waals surface area contributed by atoms with E-state index >= 15 is 0 Å². The second-order valence-corrected chi connectivity index (χ2v) is 11.1. The van der Waals surface area contributed by atoms with Crippen molar-refractivity contribution in [2.45, 2.75) is 44.4 Å². The minimum absolute atomic E-state index is 0.0259. The summed E-state index contributed by atoms with van der Waals surface area (Å²) in [6, 6.07) is 19.5. The zero-order valence-electron chi connectivity index (χ0n) is 24.3. The summed E-state index contributed by atoms with van der Waals surface area (Å²) in [7, 11) is 0. The van der Waals surface area contributed by atoms with Crippen LogP contribution in [0.2, 0.25) is 0 Å². The Hall–Kier alpha value is -4.87. The van der Waals surface area contributed by atoms with Gasteiger partial charge in [-0.1, -0.05) is 49.4 Å². The summed E-state index contributed by atoms with van der Waals surface area (Å²) in [6.07, 6.45) is 4.75.